The molecule has 1 aromatic carbocycles. The summed E-state index contributed by atoms with van der Waals surface area (Å²) >= 11 is 0. The highest BCUT2D eigenvalue weighted by atomic mass is 16.5. The summed E-state index contributed by atoms with van der Waals surface area (Å²) in [4.78, 5) is 14.2. The normalized spacial score (nSPS) is 19.8. The average molecular weight is 249 g/mol. The molecule has 98 valence electrons. The molecule has 1 aliphatic rings. The fourth-order valence-electron chi connectivity index (χ4n) is 2.20. The number of amides is 1. The number of hydrogen-bond donors (Lipinski definition) is 2. The summed E-state index contributed by atoms with van der Waals surface area (Å²) in [5.74, 6) is 0.511. The van der Waals surface area contributed by atoms with Crippen LogP contribution < -0.4 is 15.8 Å². The van der Waals surface area contributed by atoms with Gasteiger partial charge in [-0.1, -0.05) is 0 Å². The number of ether oxygens (including phenoxy) is 1. The second kappa shape index (κ2) is 5.27. The van der Waals surface area contributed by atoms with Crippen molar-refractivity contribution in [3.8, 4) is 5.75 Å². The van der Waals surface area contributed by atoms with Gasteiger partial charge in [0, 0.05) is 18.2 Å². The van der Waals surface area contributed by atoms with Gasteiger partial charge in [-0.2, -0.15) is 0 Å². The number of anilines is 1. The molecule has 1 saturated heterocycles. The van der Waals surface area contributed by atoms with Gasteiger partial charge in [0.25, 0.3) is 5.91 Å². The Labute approximate surface area is 107 Å². The first-order valence-electron chi connectivity index (χ1n) is 6.03. The number of benzene rings is 1. The molecule has 2 rings (SSSR count). The summed E-state index contributed by atoms with van der Waals surface area (Å²) in [5.41, 5.74) is 6.84. The summed E-state index contributed by atoms with van der Waals surface area (Å²) in [6.45, 7) is 1.92. The Kier molecular flexibility index (Phi) is 3.72. The van der Waals surface area contributed by atoms with Gasteiger partial charge in [-0.25, -0.2) is 0 Å². The predicted octanol–water partition coefficient (Wildman–Crippen LogP) is 0.711. The summed E-state index contributed by atoms with van der Waals surface area (Å²) < 4.78 is 5.06. The molecule has 5 nitrogen and oxygen atoms in total. The second-order valence-corrected chi connectivity index (χ2v) is 4.68. The fourth-order valence-corrected chi connectivity index (χ4v) is 2.20. The first kappa shape index (κ1) is 12.7. The third-order valence-corrected chi connectivity index (χ3v) is 3.22. The third-order valence-electron chi connectivity index (χ3n) is 3.22. The number of methoxy groups -OCH3 is 1. The van der Waals surface area contributed by atoms with E-state index < -0.39 is 0 Å². The average Bonchev–Trinajstić information content (AvgIpc) is 2.74. The molecule has 18 heavy (non-hydrogen) atoms. The van der Waals surface area contributed by atoms with Crippen molar-refractivity contribution in [1.82, 2.24) is 10.2 Å². The lowest BCUT2D eigenvalue weighted by Crippen LogP contribution is -2.36. The van der Waals surface area contributed by atoms with Gasteiger partial charge < -0.3 is 20.7 Å². The van der Waals surface area contributed by atoms with E-state index in [0.29, 0.717) is 17.0 Å². The van der Waals surface area contributed by atoms with Crippen molar-refractivity contribution >= 4 is 11.6 Å². The van der Waals surface area contributed by atoms with Crippen LogP contribution in [-0.2, 0) is 0 Å². The number of nitrogens with two attached hydrogens (primary N) is 1. The zero-order valence-electron chi connectivity index (χ0n) is 10.8. The number of nitrogen functional groups attached to an aromatic ring is 1. The smallest absolute Gasteiger partial charge is 0.251 e. The van der Waals surface area contributed by atoms with Crippen LogP contribution in [0.3, 0.4) is 0 Å². The van der Waals surface area contributed by atoms with Crippen LogP contribution >= 0.6 is 0 Å². The molecule has 1 aromatic rings. The second-order valence-electron chi connectivity index (χ2n) is 4.68. The van der Waals surface area contributed by atoms with E-state index in [-0.39, 0.29) is 11.9 Å². The van der Waals surface area contributed by atoms with Gasteiger partial charge in [-0.15, -0.1) is 0 Å². The van der Waals surface area contributed by atoms with Gasteiger partial charge in [0.2, 0.25) is 0 Å². The quantitative estimate of drug-likeness (QED) is 0.774. The van der Waals surface area contributed by atoms with Gasteiger partial charge in [-0.3, -0.25) is 4.79 Å². The van der Waals surface area contributed by atoms with Crippen LogP contribution in [0.4, 0.5) is 5.69 Å². The molecule has 3 N–H and O–H groups in total. The molecule has 1 fully saturated rings. The van der Waals surface area contributed by atoms with Gasteiger partial charge in [0.05, 0.1) is 12.8 Å². The summed E-state index contributed by atoms with van der Waals surface area (Å²) in [6, 6.07) is 5.31. The molecule has 0 radical (unpaired) electrons. The molecule has 1 unspecified atom stereocenters. The van der Waals surface area contributed by atoms with E-state index in [2.05, 4.69) is 17.3 Å². The van der Waals surface area contributed by atoms with Crippen LogP contribution in [-0.4, -0.2) is 44.1 Å². The number of nitrogens with one attached hydrogen (secondary N) is 1. The summed E-state index contributed by atoms with van der Waals surface area (Å²) in [6.07, 6.45) is 0.994. The maximum Gasteiger partial charge on any atom is 0.251 e. The highest BCUT2D eigenvalue weighted by molar-refractivity contribution is 5.95. The van der Waals surface area contributed by atoms with Gasteiger partial charge in [0.15, 0.2) is 0 Å². The fraction of sp³-hybridized carbons (Fsp3) is 0.462. The standard InChI is InChI=1S/C13H19N3O2/c1-16-6-5-10(8-16)15-13(17)9-3-4-12(18-2)11(14)7-9/h3-4,7,10H,5-6,8,14H2,1-2H3,(H,15,17). The zero-order chi connectivity index (χ0) is 13.1. The lowest BCUT2D eigenvalue weighted by atomic mass is 10.1. The van der Waals surface area contributed by atoms with E-state index in [4.69, 9.17) is 10.5 Å². The number of carbonyl (C=O) groups is 1. The molecular weight excluding hydrogens is 230 g/mol. The molecule has 0 spiro atoms. The number of rotatable bonds is 3. The molecule has 1 amide bonds. The first-order valence-corrected chi connectivity index (χ1v) is 6.03. The Morgan fingerprint density at radius 1 is 1.56 bits per heavy atom. The maximum absolute atomic E-state index is 12.0. The number of likely N-dealkylation sites (N-methyl/N-ethyl adjacent to an activating group) is 1. The van der Waals surface area contributed by atoms with Gasteiger partial charge in [-0.05, 0) is 38.2 Å². The van der Waals surface area contributed by atoms with Crippen LogP contribution in [0.2, 0.25) is 0 Å². The summed E-state index contributed by atoms with van der Waals surface area (Å²) in [5, 5.41) is 3.01. The third kappa shape index (κ3) is 2.73. The molecule has 1 atom stereocenters. The van der Waals surface area contributed by atoms with Crippen LogP contribution in [0, 0.1) is 0 Å². The van der Waals surface area contributed by atoms with Crippen molar-refractivity contribution in [3.63, 3.8) is 0 Å². The van der Waals surface area contributed by atoms with Crippen molar-refractivity contribution in [1.29, 1.82) is 0 Å². The van der Waals surface area contributed by atoms with Crippen molar-refractivity contribution in [2.24, 2.45) is 0 Å². The minimum Gasteiger partial charge on any atom is -0.495 e. The molecule has 1 aliphatic heterocycles. The maximum atomic E-state index is 12.0. The Bertz CT molecular complexity index is 448. The van der Waals surface area contributed by atoms with Crippen LogP contribution in [0.25, 0.3) is 0 Å². The van der Waals surface area contributed by atoms with Crippen LogP contribution in [0.5, 0.6) is 5.75 Å². The Morgan fingerprint density at radius 3 is 2.89 bits per heavy atom. The highest BCUT2D eigenvalue weighted by Crippen LogP contribution is 2.22. The van der Waals surface area contributed by atoms with E-state index in [1.807, 2.05) is 0 Å². The monoisotopic (exact) mass is 249 g/mol. The lowest BCUT2D eigenvalue weighted by molar-refractivity contribution is 0.0938. The lowest BCUT2D eigenvalue weighted by Gasteiger charge is -2.13. The van der Waals surface area contributed by atoms with E-state index in [9.17, 15) is 4.79 Å². The number of hydrogen-bond acceptors (Lipinski definition) is 4. The minimum absolute atomic E-state index is 0.0790. The molecular formula is C13H19N3O2. The van der Waals surface area contributed by atoms with E-state index in [1.165, 1.54) is 0 Å². The zero-order valence-corrected chi connectivity index (χ0v) is 10.8. The van der Waals surface area contributed by atoms with Crippen LogP contribution in [0.15, 0.2) is 18.2 Å². The first-order chi connectivity index (χ1) is 8.60. The highest BCUT2D eigenvalue weighted by Gasteiger charge is 2.21. The molecule has 0 aliphatic carbocycles. The van der Waals surface area contributed by atoms with E-state index in [1.54, 1.807) is 25.3 Å². The SMILES string of the molecule is COc1ccc(C(=O)NC2CCN(C)C2)cc1N. The molecule has 1 heterocycles. The van der Waals surface area contributed by atoms with E-state index >= 15 is 0 Å². The molecule has 0 bridgehead atoms. The molecule has 5 heteroatoms. The largest absolute Gasteiger partial charge is 0.495 e. The Hall–Kier alpha value is -1.75. The van der Waals surface area contributed by atoms with Crippen LogP contribution in [0.1, 0.15) is 16.8 Å². The van der Waals surface area contributed by atoms with Crippen molar-refractivity contribution < 1.29 is 9.53 Å². The molecule has 0 aromatic heterocycles. The molecule has 0 saturated carbocycles. The Balaban J connectivity index is 2.02. The topological polar surface area (TPSA) is 67.6 Å². The van der Waals surface area contributed by atoms with Crippen molar-refractivity contribution in [3.05, 3.63) is 23.8 Å². The van der Waals surface area contributed by atoms with Crippen molar-refractivity contribution in [2.75, 3.05) is 33.0 Å². The van der Waals surface area contributed by atoms with Gasteiger partial charge in [0.1, 0.15) is 5.75 Å². The van der Waals surface area contributed by atoms with E-state index in [0.717, 1.165) is 19.5 Å². The predicted molar refractivity (Wildman–Crippen MR) is 70.8 cm³/mol. The number of likely N-dealkylation sites (tertiary alicyclic amines) is 1. The Morgan fingerprint density at radius 2 is 2.33 bits per heavy atom. The van der Waals surface area contributed by atoms with Crippen molar-refractivity contribution in [2.45, 2.75) is 12.5 Å². The van der Waals surface area contributed by atoms with Gasteiger partial charge >= 0.3 is 0 Å². The summed E-state index contributed by atoms with van der Waals surface area (Å²) in [7, 11) is 3.61. The number of carbonyl (C=O) groups excluding carboxylic acids is 1. The number of nitrogens with zero attached hydrogens (tertiary/aromatic N) is 1. The minimum atomic E-state index is -0.0790.